The minimum absolute atomic E-state index is 0.00939. The number of amides is 2. The number of oxime groups is 1. The summed E-state index contributed by atoms with van der Waals surface area (Å²) in [5.74, 6) is 0.175. The van der Waals surface area contributed by atoms with Crippen LogP contribution in [0, 0.1) is 0 Å². The molecule has 2 amide bonds. The summed E-state index contributed by atoms with van der Waals surface area (Å²) in [6.45, 7) is 0.527. The monoisotopic (exact) mass is 254 g/mol. The van der Waals surface area contributed by atoms with Gasteiger partial charge >= 0.3 is 6.03 Å². The van der Waals surface area contributed by atoms with Crippen molar-refractivity contribution < 1.29 is 10.0 Å². The third-order valence-corrected chi connectivity index (χ3v) is 3.67. The summed E-state index contributed by atoms with van der Waals surface area (Å²) >= 11 is 0. The van der Waals surface area contributed by atoms with Gasteiger partial charge < -0.3 is 21.2 Å². The molecule has 0 aromatic heterocycles. The summed E-state index contributed by atoms with van der Waals surface area (Å²) < 4.78 is 0. The molecule has 0 atom stereocenters. The third kappa shape index (κ3) is 3.51. The van der Waals surface area contributed by atoms with Crippen molar-refractivity contribution in [1.29, 1.82) is 0 Å². The number of nitrogens with two attached hydrogens (primary N) is 1. The molecule has 0 heterocycles. The number of hydrogen-bond acceptors (Lipinski definition) is 3. The average Bonchev–Trinajstić information content (AvgIpc) is 3.07. The zero-order chi connectivity index (χ0) is 13.0. The van der Waals surface area contributed by atoms with Gasteiger partial charge in [-0.25, -0.2) is 4.79 Å². The summed E-state index contributed by atoms with van der Waals surface area (Å²) in [6.07, 6.45) is 7.14. The highest BCUT2D eigenvalue weighted by molar-refractivity contribution is 5.81. The smallest absolute Gasteiger partial charge is 0.317 e. The van der Waals surface area contributed by atoms with E-state index in [-0.39, 0.29) is 11.9 Å². The molecule has 0 aromatic rings. The molecule has 18 heavy (non-hydrogen) atoms. The predicted molar refractivity (Wildman–Crippen MR) is 68.5 cm³/mol. The molecule has 6 nitrogen and oxygen atoms in total. The Morgan fingerprint density at radius 3 is 2.56 bits per heavy atom. The van der Waals surface area contributed by atoms with Gasteiger partial charge in [-0.15, -0.1) is 0 Å². The lowest BCUT2D eigenvalue weighted by Crippen LogP contribution is -2.46. The molecule has 0 unspecified atom stereocenters. The van der Waals surface area contributed by atoms with E-state index in [0.29, 0.717) is 25.0 Å². The quantitative estimate of drug-likeness (QED) is 0.298. The van der Waals surface area contributed by atoms with Gasteiger partial charge in [-0.2, -0.15) is 0 Å². The van der Waals surface area contributed by atoms with Gasteiger partial charge in [0.2, 0.25) is 0 Å². The fraction of sp³-hybridized carbons (Fsp3) is 0.833. The Hall–Kier alpha value is -1.46. The van der Waals surface area contributed by atoms with Gasteiger partial charge in [0.1, 0.15) is 5.84 Å². The van der Waals surface area contributed by atoms with Gasteiger partial charge in [0.05, 0.1) is 0 Å². The Bertz CT molecular complexity index is 322. The van der Waals surface area contributed by atoms with Crippen LogP contribution in [0.5, 0.6) is 0 Å². The normalized spacial score (nSPS) is 21.0. The van der Waals surface area contributed by atoms with E-state index in [1.165, 1.54) is 12.8 Å². The summed E-state index contributed by atoms with van der Waals surface area (Å²) in [5, 5.41) is 14.5. The molecule has 4 N–H and O–H groups in total. The Labute approximate surface area is 107 Å². The SMILES string of the molecule is NC(CCN(C(=O)NC1CCCC1)C1CC1)=NO. The van der Waals surface area contributed by atoms with Gasteiger partial charge in [0, 0.05) is 25.0 Å². The molecule has 2 aliphatic rings. The number of carbonyl (C=O) groups is 1. The molecule has 0 aromatic carbocycles. The van der Waals surface area contributed by atoms with E-state index in [1.807, 2.05) is 4.90 Å². The number of rotatable bonds is 5. The van der Waals surface area contributed by atoms with E-state index >= 15 is 0 Å². The van der Waals surface area contributed by atoms with Crippen LogP contribution in [0.1, 0.15) is 44.9 Å². The van der Waals surface area contributed by atoms with E-state index in [9.17, 15) is 4.79 Å². The largest absolute Gasteiger partial charge is 0.409 e. The van der Waals surface area contributed by atoms with Crippen molar-refractivity contribution in [3.05, 3.63) is 0 Å². The van der Waals surface area contributed by atoms with Crippen molar-refractivity contribution in [2.45, 2.75) is 57.0 Å². The second-order valence-corrected chi connectivity index (χ2v) is 5.20. The van der Waals surface area contributed by atoms with Crippen LogP contribution in [-0.2, 0) is 0 Å². The van der Waals surface area contributed by atoms with Crippen molar-refractivity contribution in [1.82, 2.24) is 10.2 Å². The zero-order valence-electron chi connectivity index (χ0n) is 10.6. The minimum atomic E-state index is 0.00939. The van der Waals surface area contributed by atoms with E-state index in [1.54, 1.807) is 0 Å². The van der Waals surface area contributed by atoms with Gasteiger partial charge in [-0.1, -0.05) is 18.0 Å². The predicted octanol–water partition coefficient (Wildman–Crippen LogP) is 1.24. The second kappa shape index (κ2) is 5.93. The topological polar surface area (TPSA) is 91.0 Å². The molecule has 2 fully saturated rings. The van der Waals surface area contributed by atoms with Crippen LogP contribution in [0.3, 0.4) is 0 Å². The van der Waals surface area contributed by atoms with Crippen LogP contribution in [-0.4, -0.2) is 40.6 Å². The molecule has 2 rings (SSSR count). The zero-order valence-corrected chi connectivity index (χ0v) is 10.6. The summed E-state index contributed by atoms with van der Waals surface area (Å²) in [7, 11) is 0. The number of nitrogens with one attached hydrogen (secondary N) is 1. The van der Waals surface area contributed by atoms with Crippen LogP contribution in [0.4, 0.5) is 4.79 Å². The first-order valence-corrected chi connectivity index (χ1v) is 6.74. The Kier molecular flexibility index (Phi) is 4.28. The maximum Gasteiger partial charge on any atom is 0.317 e. The molecule has 6 heteroatoms. The summed E-state index contributed by atoms with van der Waals surface area (Å²) in [4.78, 5) is 14.0. The van der Waals surface area contributed by atoms with Crippen molar-refractivity contribution in [2.24, 2.45) is 10.9 Å². The minimum Gasteiger partial charge on any atom is -0.409 e. The lowest BCUT2D eigenvalue weighted by molar-refractivity contribution is 0.192. The molecular formula is C12H22N4O2. The molecule has 0 aliphatic heterocycles. The number of amidine groups is 1. The maximum absolute atomic E-state index is 12.2. The fourth-order valence-corrected chi connectivity index (χ4v) is 2.45. The molecule has 0 bridgehead atoms. The van der Waals surface area contributed by atoms with Gasteiger partial charge in [0.15, 0.2) is 0 Å². The fourth-order valence-electron chi connectivity index (χ4n) is 2.45. The first-order chi connectivity index (χ1) is 8.70. The highest BCUT2D eigenvalue weighted by atomic mass is 16.4. The number of urea groups is 1. The van der Waals surface area contributed by atoms with Crippen LogP contribution < -0.4 is 11.1 Å². The molecule has 0 saturated heterocycles. The van der Waals surface area contributed by atoms with Crippen molar-refractivity contribution >= 4 is 11.9 Å². The lowest BCUT2D eigenvalue weighted by Gasteiger charge is -2.24. The highest BCUT2D eigenvalue weighted by Crippen LogP contribution is 2.27. The van der Waals surface area contributed by atoms with E-state index < -0.39 is 0 Å². The molecule has 0 radical (unpaired) electrons. The van der Waals surface area contributed by atoms with Crippen LogP contribution in [0.2, 0.25) is 0 Å². The van der Waals surface area contributed by atoms with Gasteiger partial charge in [-0.3, -0.25) is 0 Å². The van der Waals surface area contributed by atoms with Crippen LogP contribution >= 0.6 is 0 Å². The standard InChI is InChI=1S/C12H22N4O2/c13-11(15-18)7-8-16(10-5-6-10)12(17)14-9-3-1-2-4-9/h9-10,18H,1-8H2,(H2,13,15)(H,14,17). The molecule has 102 valence electrons. The first-order valence-electron chi connectivity index (χ1n) is 6.74. The molecule has 2 aliphatic carbocycles. The third-order valence-electron chi connectivity index (χ3n) is 3.67. The second-order valence-electron chi connectivity index (χ2n) is 5.20. The van der Waals surface area contributed by atoms with Crippen LogP contribution in [0.25, 0.3) is 0 Å². The molecule has 0 spiro atoms. The Morgan fingerprint density at radius 1 is 1.33 bits per heavy atom. The Morgan fingerprint density at radius 2 is 2.00 bits per heavy atom. The van der Waals surface area contributed by atoms with E-state index in [4.69, 9.17) is 10.9 Å². The van der Waals surface area contributed by atoms with E-state index in [0.717, 1.165) is 25.7 Å². The van der Waals surface area contributed by atoms with Crippen molar-refractivity contribution in [3.8, 4) is 0 Å². The maximum atomic E-state index is 12.2. The molecular weight excluding hydrogens is 232 g/mol. The lowest BCUT2D eigenvalue weighted by atomic mass is 10.2. The summed E-state index contributed by atoms with van der Waals surface area (Å²) in [6, 6.07) is 0.690. The summed E-state index contributed by atoms with van der Waals surface area (Å²) in [5.41, 5.74) is 5.45. The number of nitrogens with zero attached hydrogens (tertiary/aromatic N) is 2. The average molecular weight is 254 g/mol. The van der Waals surface area contributed by atoms with Gasteiger partial charge in [0.25, 0.3) is 0 Å². The number of carbonyl (C=O) groups excluding carboxylic acids is 1. The Balaban J connectivity index is 1.82. The van der Waals surface area contributed by atoms with Gasteiger partial charge in [-0.05, 0) is 25.7 Å². The van der Waals surface area contributed by atoms with E-state index in [2.05, 4.69) is 10.5 Å². The first kappa shape index (κ1) is 13.0. The van der Waals surface area contributed by atoms with Crippen LogP contribution in [0.15, 0.2) is 5.16 Å². The van der Waals surface area contributed by atoms with Crippen molar-refractivity contribution in [3.63, 3.8) is 0 Å². The van der Waals surface area contributed by atoms with Crippen molar-refractivity contribution in [2.75, 3.05) is 6.54 Å². The number of hydrogen-bond donors (Lipinski definition) is 3. The molecule has 2 saturated carbocycles. The highest BCUT2D eigenvalue weighted by Gasteiger charge is 2.33.